The van der Waals surface area contributed by atoms with Crippen LogP contribution in [0.1, 0.15) is 28.2 Å². The summed E-state index contributed by atoms with van der Waals surface area (Å²) in [5.41, 5.74) is 0.345. The highest BCUT2D eigenvalue weighted by molar-refractivity contribution is 7.09. The predicted octanol–water partition coefficient (Wildman–Crippen LogP) is 4.09. The molecule has 0 radical (unpaired) electrons. The normalized spacial score (nSPS) is 15.8. The van der Waals surface area contributed by atoms with Crippen LogP contribution in [0.5, 0.6) is 0 Å². The molecule has 1 saturated heterocycles. The van der Waals surface area contributed by atoms with Crippen LogP contribution >= 0.6 is 11.3 Å². The van der Waals surface area contributed by atoms with E-state index in [4.69, 9.17) is 8.94 Å². The van der Waals surface area contributed by atoms with Gasteiger partial charge in [-0.25, -0.2) is 0 Å². The second-order valence-electron chi connectivity index (χ2n) is 6.07. The Hall–Kier alpha value is -2.34. The van der Waals surface area contributed by atoms with Crippen LogP contribution in [0.3, 0.4) is 0 Å². The zero-order chi connectivity index (χ0) is 16.4. The molecule has 3 aromatic rings. The number of aromatic nitrogens is 1. The van der Waals surface area contributed by atoms with Crippen molar-refractivity contribution in [1.82, 2.24) is 10.1 Å². The molecule has 0 saturated carbocycles. The molecule has 1 aliphatic heterocycles. The van der Waals surface area contributed by atoms with Gasteiger partial charge in [-0.15, -0.1) is 11.3 Å². The van der Waals surface area contributed by atoms with Gasteiger partial charge in [-0.3, -0.25) is 4.79 Å². The average molecular weight is 342 g/mol. The quantitative estimate of drug-likeness (QED) is 0.716. The lowest BCUT2D eigenvalue weighted by molar-refractivity contribution is 0.0680. The standard InChI is InChI=1S/C18H18N2O3S/c21-18(15-12-17(23-19-15)16-4-1-9-22-16)20-7-5-13(6-8-20)11-14-3-2-10-24-14/h1-4,9-10,12-13H,5-8,11H2. The summed E-state index contributed by atoms with van der Waals surface area (Å²) in [6, 6.07) is 9.50. The molecule has 0 N–H and O–H groups in total. The molecule has 3 aromatic heterocycles. The predicted molar refractivity (Wildman–Crippen MR) is 90.9 cm³/mol. The molecule has 0 atom stereocenters. The van der Waals surface area contributed by atoms with Gasteiger partial charge in [0.15, 0.2) is 11.5 Å². The van der Waals surface area contributed by atoms with Gasteiger partial charge in [-0.1, -0.05) is 11.2 Å². The van der Waals surface area contributed by atoms with Gasteiger partial charge in [0.25, 0.3) is 5.91 Å². The van der Waals surface area contributed by atoms with Gasteiger partial charge in [0.1, 0.15) is 0 Å². The minimum absolute atomic E-state index is 0.0638. The van der Waals surface area contributed by atoms with Crippen LogP contribution < -0.4 is 0 Å². The summed E-state index contributed by atoms with van der Waals surface area (Å²) >= 11 is 1.81. The van der Waals surface area contributed by atoms with E-state index >= 15 is 0 Å². The summed E-state index contributed by atoms with van der Waals surface area (Å²) in [7, 11) is 0. The van der Waals surface area contributed by atoms with E-state index in [1.807, 2.05) is 16.2 Å². The summed E-state index contributed by atoms with van der Waals surface area (Å²) < 4.78 is 10.5. The molecule has 1 aliphatic rings. The molecule has 124 valence electrons. The Bertz CT molecular complexity index is 784. The third-order valence-electron chi connectivity index (χ3n) is 4.47. The minimum atomic E-state index is -0.0638. The maximum absolute atomic E-state index is 12.6. The van der Waals surface area contributed by atoms with Gasteiger partial charge in [-0.05, 0) is 48.8 Å². The van der Waals surface area contributed by atoms with Gasteiger partial charge >= 0.3 is 0 Å². The van der Waals surface area contributed by atoms with E-state index in [9.17, 15) is 4.79 Å². The zero-order valence-electron chi connectivity index (χ0n) is 13.2. The summed E-state index contributed by atoms with van der Waals surface area (Å²) in [5.74, 6) is 1.65. The largest absolute Gasteiger partial charge is 0.461 e. The van der Waals surface area contributed by atoms with E-state index in [0.29, 0.717) is 23.1 Å². The topological polar surface area (TPSA) is 59.5 Å². The van der Waals surface area contributed by atoms with E-state index in [-0.39, 0.29) is 5.91 Å². The molecule has 6 heteroatoms. The second-order valence-corrected chi connectivity index (χ2v) is 7.11. The highest BCUT2D eigenvalue weighted by Crippen LogP contribution is 2.26. The van der Waals surface area contributed by atoms with E-state index in [2.05, 4.69) is 22.7 Å². The van der Waals surface area contributed by atoms with Gasteiger partial charge in [0.05, 0.1) is 6.26 Å². The van der Waals surface area contributed by atoms with Crippen molar-refractivity contribution in [3.05, 3.63) is 52.5 Å². The number of furan rings is 1. The van der Waals surface area contributed by atoms with Crippen molar-refractivity contribution in [2.24, 2.45) is 5.92 Å². The van der Waals surface area contributed by atoms with Crippen LogP contribution in [0, 0.1) is 5.92 Å². The first-order valence-corrected chi connectivity index (χ1v) is 9.00. The lowest BCUT2D eigenvalue weighted by atomic mass is 9.93. The molecule has 1 amide bonds. The summed E-state index contributed by atoms with van der Waals surface area (Å²) in [4.78, 5) is 15.9. The Morgan fingerprint density at radius 3 is 2.83 bits per heavy atom. The fraction of sp³-hybridized carbons (Fsp3) is 0.333. The average Bonchev–Trinajstić information content (AvgIpc) is 3.36. The third kappa shape index (κ3) is 3.14. The zero-order valence-corrected chi connectivity index (χ0v) is 14.0. The number of hydrogen-bond acceptors (Lipinski definition) is 5. The molecular weight excluding hydrogens is 324 g/mol. The van der Waals surface area contributed by atoms with Crippen molar-refractivity contribution < 1.29 is 13.7 Å². The summed E-state index contributed by atoms with van der Waals surface area (Å²) in [6.07, 6.45) is 4.75. The first kappa shape index (κ1) is 15.2. The summed E-state index contributed by atoms with van der Waals surface area (Å²) in [5, 5.41) is 6.02. The van der Waals surface area contributed by atoms with Gasteiger partial charge in [0, 0.05) is 24.0 Å². The molecule has 0 bridgehead atoms. The Kier molecular flexibility index (Phi) is 4.21. The lowest BCUT2D eigenvalue weighted by Gasteiger charge is -2.31. The lowest BCUT2D eigenvalue weighted by Crippen LogP contribution is -2.39. The van der Waals surface area contributed by atoms with Crippen LogP contribution in [0.2, 0.25) is 0 Å². The van der Waals surface area contributed by atoms with Crippen molar-refractivity contribution in [2.75, 3.05) is 13.1 Å². The van der Waals surface area contributed by atoms with Gasteiger partial charge < -0.3 is 13.8 Å². The maximum Gasteiger partial charge on any atom is 0.276 e. The van der Waals surface area contributed by atoms with Crippen molar-refractivity contribution >= 4 is 17.2 Å². The number of rotatable bonds is 4. The smallest absolute Gasteiger partial charge is 0.276 e. The molecule has 4 rings (SSSR count). The molecular formula is C18H18N2O3S. The Balaban J connectivity index is 1.36. The van der Waals surface area contributed by atoms with Crippen LogP contribution in [-0.2, 0) is 6.42 Å². The van der Waals surface area contributed by atoms with Crippen molar-refractivity contribution in [2.45, 2.75) is 19.3 Å². The number of likely N-dealkylation sites (tertiary alicyclic amines) is 1. The molecule has 0 spiro atoms. The number of piperidine rings is 1. The molecule has 5 nitrogen and oxygen atoms in total. The Morgan fingerprint density at radius 1 is 1.25 bits per heavy atom. The van der Waals surface area contributed by atoms with E-state index < -0.39 is 0 Å². The summed E-state index contributed by atoms with van der Waals surface area (Å²) in [6.45, 7) is 1.55. The first-order chi connectivity index (χ1) is 11.8. The first-order valence-electron chi connectivity index (χ1n) is 8.12. The molecule has 0 aliphatic carbocycles. The number of nitrogens with zero attached hydrogens (tertiary/aromatic N) is 2. The second kappa shape index (κ2) is 6.65. The highest BCUT2D eigenvalue weighted by Gasteiger charge is 2.26. The van der Waals surface area contributed by atoms with Crippen LogP contribution in [0.4, 0.5) is 0 Å². The van der Waals surface area contributed by atoms with Crippen molar-refractivity contribution in [1.29, 1.82) is 0 Å². The van der Waals surface area contributed by atoms with E-state index in [1.165, 1.54) is 4.88 Å². The molecule has 0 unspecified atom stereocenters. The number of hydrogen-bond donors (Lipinski definition) is 0. The number of carbonyl (C=O) groups is 1. The maximum atomic E-state index is 12.6. The number of thiophene rings is 1. The number of carbonyl (C=O) groups excluding carboxylic acids is 1. The van der Waals surface area contributed by atoms with Crippen molar-refractivity contribution in [3.63, 3.8) is 0 Å². The minimum Gasteiger partial charge on any atom is -0.461 e. The Labute approximate surface area is 143 Å². The molecule has 0 aromatic carbocycles. The Morgan fingerprint density at radius 2 is 2.12 bits per heavy atom. The SMILES string of the molecule is O=C(c1cc(-c2ccco2)on1)N1CCC(Cc2cccs2)CC1. The van der Waals surface area contributed by atoms with Crippen LogP contribution in [-0.4, -0.2) is 29.1 Å². The van der Waals surface area contributed by atoms with Crippen LogP contribution in [0.15, 0.2) is 50.9 Å². The third-order valence-corrected chi connectivity index (χ3v) is 5.36. The van der Waals surface area contributed by atoms with E-state index in [1.54, 1.807) is 24.5 Å². The van der Waals surface area contributed by atoms with E-state index in [0.717, 1.165) is 32.4 Å². The number of amides is 1. The highest BCUT2D eigenvalue weighted by atomic mass is 32.1. The monoisotopic (exact) mass is 342 g/mol. The van der Waals surface area contributed by atoms with Gasteiger partial charge in [0.2, 0.25) is 5.76 Å². The molecule has 4 heterocycles. The fourth-order valence-corrected chi connectivity index (χ4v) is 3.95. The van der Waals surface area contributed by atoms with Crippen LogP contribution in [0.25, 0.3) is 11.5 Å². The molecule has 24 heavy (non-hydrogen) atoms. The molecule has 1 fully saturated rings. The fourth-order valence-electron chi connectivity index (χ4n) is 3.13. The van der Waals surface area contributed by atoms with Gasteiger partial charge in [-0.2, -0.15) is 0 Å². The van der Waals surface area contributed by atoms with Crippen molar-refractivity contribution in [3.8, 4) is 11.5 Å².